The van der Waals surface area contributed by atoms with Crippen LogP contribution < -0.4 is 4.72 Å². The number of rotatable bonds is 6. The maximum Gasteiger partial charge on any atom is 0.305 e. The largest absolute Gasteiger partial charge is 0.481 e. The van der Waals surface area contributed by atoms with E-state index in [2.05, 4.69) is 4.72 Å². The molecule has 2 aromatic carbocycles. The second kappa shape index (κ2) is 6.67. The van der Waals surface area contributed by atoms with E-state index in [4.69, 9.17) is 5.11 Å². The molecule has 7 heteroatoms. The Kier molecular flexibility index (Phi) is 4.89. The summed E-state index contributed by atoms with van der Waals surface area (Å²) in [5, 5.41) is 8.95. The first kappa shape index (κ1) is 16.1. The van der Waals surface area contributed by atoms with Crippen molar-refractivity contribution in [3.05, 3.63) is 66.0 Å². The topological polar surface area (TPSA) is 83.5 Å². The average Bonchev–Trinajstić information content (AvgIpc) is 2.47. The number of nitrogens with one attached hydrogen (secondary N) is 1. The van der Waals surface area contributed by atoms with Gasteiger partial charge in [0, 0.05) is 5.56 Å². The first-order valence-corrected chi connectivity index (χ1v) is 7.92. The third kappa shape index (κ3) is 3.90. The van der Waals surface area contributed by atoms with E-state index in [1.807, 2.05) is 0 Å². The number of halogens is 1. The Hall–Kier alpha value is -2.25. The molecule has 2 rings (SSSR count). The summed E-state index contributed by atoms with van der Waals surface area (Å²) < 4.78 is 40.7. The van der Waals surface area contributed by atoms with Crippen molar-refractivity contribution < 1.29 is 22.7 Å². The van der Waals surface area contributed by atoms with Crippen molar-refractivity contribution in [2.45, 2.75) is 17.4 Å². The number of hydrogen-bond donors (Lipinski definition) is 2. The van der Waals surface area contributed by atoms with Crippen LogP contribution >= 0.6 is 0 Å². The number of carbonyl (C=O) groups is 1. The molecule has 0 saturated heterocycles. The van der Waals surface area contributed by atoms with Crippen molar-refractivity contribution in [1.29, 1.82) is 0 Å². The maximum atomic E-state index is 13.8. The predicted molar refractivity (Wildman–Crippen MR) is 78.2 cm³/mol. The average molecular weight is 323 g/mol. The summed E-state index contributed by atoms with van der Waals surface area (Å²) in [4.78, 5) is 10.9. The lowest BCUT2D eigenvalue weighted by Gasteiger charge is -2.18. The number of sulfonamides is 1. The fourth-order valence-electron chi connectivity index (χ4n) is 2.00. The second-order valence-corrected chi connectivity index (χ2v) is 6.32. The van der Waals surface area contributed by atoms with E-state index in [0.717, 1.165) is 6.07 Å². The Morgan fingerprint density at radius 3 is 2.27 bits per heavy atom. The van der Waals surface area contributed by atoms with Crippen LogP contribution in [0, 0.1) is 5.82 Å². The number of aliphatic carboxylic acids is 1. The molecule has 0 saturated carbocycles. The summed E-state index contributed by atoms with van der Waals surface area (Å²) in [6.45, 7) is 0. The summed E-state index contributed by atoms with van der Waals surface area (Å²) >= 11 is 0. The fraction of sp³-hybridized carbons (Fsp3) is 0.133. The van der Waals surface area contributed by atoms with E-state index >= 15 is 0 Å². The minimum atomic E-state index is -3.95. The van der Waals surface area contributed by atoms with Gasteiger partial charge < -0.3 is 5.11 Å². The zero-order valence-electron chi connectivity index (χ0n) is 11.4. The summed E-state index contributed by atoms with van der Waals surface area (Å²) in [5.74, 6) is -1.89. The van der Waals surface area contributed by atoms with Crippen molar-refractivity contribution >= 4 is 16.0 Å². The SMILES string of the molecule is O=C(O)CC(NS(=O)(=O)c1ccccc1)c1ccccc1F. The van der Waals surface area contributed by atoms with E-state index in [9.17, 15) is 17.6 Å². The molecular formula is C15H14FNO4S. The van der Waals surface area contributed by atoms with Gasteiger partial charge in [-0.15, -0.1) is 0 Å². The number of carboxylic acid groups (broad SMARTS) is 1. The zero-order chi connectivity index (χ0) is 16.2. The molecule has 5 nitrogen and oxygen atoms in total. The van der Waals surface area contributed by atoms with E-state index in [-0.39, 0.29) is 10.5 Å². The van der Waals surface area contributed by atoms with Crippen LogP contribution in [0.2, 0.25) is 0 Å². The van der Waals surface area contributed by atoms with Gasteiger partial charge in [-0.2, -0.15) is 0 Å². The standard InChI is InChI=1S/C15H14FNO4S/c16-13-9-5-4-8-12(13)14(10-15(18)19)17-22(20,21)11-6-2-1-3-7-11/h1-9,14,17H,10H2,(H,18,19). The van der Waals surface area contributed by atoms with Crippen LogP contribution in [0.15, 0.2) is 59.5 Å². The lowest BCUT2D eigenvalue weighted by atomic mass is 10.0. The van der Waals surface area contributed by atoms with Crippen molar-refractivity contribution in [3.8, 4) is 0 Å². The molecule has 22 heavy (non-hydrogen) atoms. The fourth-order valence-corrected chi connectivity index (χ4v) is 3.24. The molecule has 0 aliphatic carbocycles. The maximum absolute atomic E-state index is 13.8. The molecule has 0 aliphatic rings. The number of benzene rings is 2. The van der Waals surface area contributed by atoms with Gasteiger partial charge >= 0.3 is 5.97 Å². The summed E-state index contributed by atoms with van der Waals surface area (Å²) in [6.07, 6.45) is -0.563. The first-order chi connectivity index (χ1) is 10.4. The summed E-state index contributed by atoms with van der Waals surface area (Å²) in [7, 11) is -3.95. The Balaban J connectivity index is 2.36. The third-order valence-electron chi connectivity index (χ3n) is 3.01. The van der Waals surface area contributed by atoms with Gasteiger partial charge in [0.15, 0.2) is 0 Å². The first-order valence-electron chi connectivity index (χ1n) is 6.44. The highest BCUT2D eigenvalue weighted by molar-refractivity contribution is 7.89. The zero-order valence-corrected chi connectivity index (χ0v) is 12.3. The van der Waals surface area contributed by atoms with Gasteiger partial charge in [-0.25, -0.2) is 17.5 Å². The molecule has 0 heterocycles. The summed E-state index contributed by atoms with van der Waals surface area (Å²) in [6, 6.07) is 11.8. The molecule has 0 radical (unpaired) electrons. The Bertz CT molecular complexity index is 762. The minimum absolute atomic E-state index is 0.00981. The van der Waals surface area contributed by atoms with Gasteiger partial charge in [0.2, 0.25) is 10.0 Å². The molecule has 0 amide bonds. The molecule has 2 aromatic rings. The van der Waals surface area contributed by atoms with Crippen molar-refractivity contribution in [2.24, 2.45) is 0 Å². The van der Waals surface area contributed by atoms with Gasteiger partial charge in [0.1, 0.15) is 5.82 Å². The van der Waals surface area contributed by atoms with Crippen LogP contribution in [0.25, 0.3) is 0 Å². The highest BCUT2D eigenvalue weighted by Crippen LogP contribution is 2.22. The highest BCUT2D eigenvalue weighted by atomic mass is 32.2. The lowest BCUT2D eigenvalue weighted by Crippen LogP contribution is -2.30. The van der Waals surface area contributed by atoms with Gasteiger partial charge in [-0.1, -0.05) is 36.4 Å². The minimum Gasteiger partial charge on any atom is -0.481 e. The van der Waals surface area contributed by atoms with Crippen LogP contribution in [0.1, 0.15) is 18.0 Å². The summed E-state index contributed by atoms with van der Waals surface area (Å²) in [5.41, 5.74) is -0.00981. The molecular weight excluding hydrogens is 309 g/mol. The van der Waals surface area contributed by atoms with E-state index < -0.39 is 34.3 Å². The van der Waals surface area contributed by atoms with Crippen LogP contribution in [0.5, 0.6) is 0 Å². The monoisotopic (exact) mass is 323 g/mol. The number of hydrogen-bond acceptors (Lipinski definition) is 3. The quantitative estimate of drug-likeness (QED) is 0.854. The Morgan fingerprint density at radius 2 is 1.68 bits per heavy atom. The van der Waals surface area contributed by atoms with E-state index in [1.54, 1.807) is 18.2 Å². The molecule has 0 fully saturated rings. The molecule has 0 aromatic heterocycles. The van der Waals surface area contributed by atoms with Crippen molar-refractivity contribution in [1.82, 2.24) is 4.72 Å². The molecule has 0 spiro atoms. The van der Waals surface area contributed by atoms with Gasteiger partial charge in [0.25, 0.3) is 0 Å². The Morgan fingerprint density at radius 1 is 1.09 bits per heavy atom. The molecule has 1 atom stereocenters. The van der Waals surface area contributed by atoms with Crippen LogP contribution in [0.3, 0.4) is 0 Å². The van der Waals surface area contributed by atoms with Crippen LogP contribution in [-0.4, -0.2) is 19.5 Å². The van der Waals surface area contributed by atoms with E-state index in [0.29, 0.717) is 0 Å². The van der Waals surface area contributed by atoms with E-state index in [1.165, 1.54) is 30.3 Å². The van der Waals surface area contributed by atoms with Crippen molar-refractivity contribution in [2.75, 3.05) is 0 Å². The number of carboxylic acids is 1. The van der Waals surface area contributed by atoms with Gasteiger partial charge in [-0.05, 0) is 18.2 Å². The Labute approximate surface area is 127 Å². The highest BCUT2D eigenvalue weighted by Gasteiger charge is 2.25. The normalized spacial score (nSPS) is 12.8. The van der Waals surface area contributed by atoms with Crippen LogP contribution in [0.4, 0.5) is 4.39 Å². The molecule has 116 valence electrons. The third-order valence-corrected chi connectivity index (χ3v) is 4.50. The smallest absolute Gasteiger partial charge is 0.305 e. The molecule has 2 N–H and O–H groups in total. The predicted octanol–water partition coefficient (Wildman–Crippen LogP) is 2.32. The van der Waals surface area contributed by atoms with Crippen LogP contribution in [-0.2, 0) is 14.8 Å². The van der Waals surface area contributed by atoms with Crippen molar-refractivity contribution in [3.63, 3.8) is 0 Å². The lowest BCUT2D eigenvalue weighted by molar-refractivity contribution is -0.137. The second-order valence-electron chi connectivity index (χ2n) is 4.61. The van der Waals surface area contributed by atoms with Gasteiger partial charge in [-0.3, -0.25) is 4.79 Å². The molecule has 0 bridgehead atoms. The molecule has 0 aliphatic heterocycles. The molecule has 1 unspecified atom stereocenters. The van der Waals surface area contributed by atoms with Gasteiger partial charge in [0.05, 0.1) is 17.4 Å².